The Balaban J connectivity index is 2.58. The lowest BCUT2D eigenvalue weighted by atomic mass is 9.93. The van der Waals surface area contributed by atoms with Gasteiger partial charge in [-0.15, -0.1) is 0 Å². The molecular formula is C18H18. The van der Waals surface area contributed by atoms with Crippen LogP contribution in [0.1, 0.15) is 23.6 Å². The summed E-state index contributed by atoms with van der Waals surface area (Å²) < 4.78 is 0. The molecule has 0 bridgehead atoms. The van der Waals surface area contributed by atoms with Gasteiger partial charge in [-0.05, 0) is 41.7 Å². The van der Waals surface area contributed by atoms with Crippen LogP contribution in [0.2, 0.25) is 0 Å². The summed E-state index contributed by atoms with van der Waals surface area (Å²) in [6.07, 6.45) is 1.95. The molecular weight excluding hydrogens is 216 g/mol. The third-order valence-electron chi connectivity index (χ3n) is 3.25. The summed E-state index contributed by atoms with van der Waals surface area (Å²) in [5, 5.41) is 0. The quantitative estimate of drug-likeness (QED) is 0.511. The van der Waals surface area contributed by atoms with Gasteiger partial charge in [-0.3, -0.25) is 0 Å². The van der Waals surface area contributed by atoms with Crippen LogP contribution in [0.4, 0.5) is 0 Å². The molecule has 0 unspecified atom stereocenters. The maximum absolute atomic E-state index is 3.97. The van der Waals surface area contributed by atoms with Gasteiger partial charge < -0.3 is 0 Å². The molecule has 0 N–H and O–H groups in total. The summed E-state index contributed by atoms with van der Waals surface area (Å²) in [5.41, 5.74) is 6.26. The summed E-state index contributed by atoms with van der Waals surface area (Å²) in [4.78, 5) is 0. The van der Waals surface area contributed by atoms with Crippen LogP contribution in [-0.4, -0.2) is 0 Å². The van der Waals surface area contributed by atoms with Crippen LogP contribution in [0.3, 0.4) is 0 Å². The Morgan fingerprint density at radius 2 is 1.56 bits per heavy atom. The summed E-state index contributed by atoms with van der Waals surface area (Å²) in [6.45, 7) is 8.25. The molecule has 2 aromatic rings. The van der Waals surface area contributed by atoms with E-state index < -0.39 is 0 Å². The average molecular weight is 234 g/mol. The minimum Gasteiger partial charge on any atom is -0.0984 e. The molecule has 0 aromatic heterocycles. The van der Waals surface area contributed by atoms with E-state index in [0.717, 1.165) is 0 Å². The number of hydrogen-bond acceptors (Lipinski definition) is 0. The second-order valence-corrected chi connectivity index (χ2v) is 4.42. The van der Waals surface area contributed by atoms with E-state index in [1.54, 1.807) is 0 Å². The van der Waals surface area contributed by atoms with Gasteiger partial charge in [0.15, 0.2) is 0 Å². The first-order valence-corrected chi connectivity index (χ1v) is 6.18. The van der Waals surface area contributed by atoms with Gasteiger partial charge in [0.05, 0.1) is 0 Å². The van der Waals surface area contributed by atoms with E-state index in [2.05, 4.69) is 69.0 Å². The van der Waals surface area contributed by atoms with E-state index in [4.69, 9.17) is 0 Å². The summed E-state index contributed by atoms with van der Waals surface area (Å²) in [6, 6.07) is 18.9. The Morgan fingerprint density at radius 3 is 2.17 bits per heavy atom. The smallest absolute Gasteiger partial charge is 0.0152 e. The van der Waals surface area contributed by atoms with Crippen LogP contribution in [0.5, 0.6) is 0 Å². The topological polar surface area (TPSA) is 0 Å². The summed E-state index contributed by atoms with van der Waals surface area (Å²) in [5.74, 6) is 0. The normalized spacial score (nSPS) is 11.9. The molecule has 0 nitrogen and oxygen atoms in total. The molecule has 0 radical (unpaired) electrons. The van der Waals surface area contributed by atoms with Gasteiger partial charge in [0.25, 0.3) is 0 Å². The Morgan fingerprint density at radius 1 is 0.944 bits per heavy atom. The zero-order valence-electron chi connectivity index (χ0n) is 11.0. The lowest BCUT2D eigenvalue weighted by molar-refractivity contribution is 1.42. The van der Waals surface area contributed by atoms with Gasteiger partial charge >= 0.3 is 0 Å². The standard InChI is InChI=1S/C18H18/c1-4-17(18-13-9-8-10-14(18)2)15(3)16-11-6-5-7-12-16/h4-13H,1H2,2-3H3. The van der Waals surface area contributed by atoms with Crippen LogP contribution in [0, 0.1) is 6.92 Å². The molecule has 0 aliphatic rings. The van der Waals surface area contributed by atoms with E-state index in [9.17, 15) is 0 Å². The van der Waals surface area contributed by atoms with Gasteiger partial charge in [-0.25, -0.2) is 0 Å². The molecule has 0 saturated carbocycles. The highest BCUT2D eigenvalue weighted by Crippen LogP contribution is 2.28. The van der Waals surface area contributed by atoms with Gasteiger partial charge in [-0.2, -0.15) is 0 Å². The van der Waals surface area contributed by atoms with Crippen molar-refractivity contribution in [3.63, 3.8) is 0 Å². The minimum absolute atomic E-state index is 1.21. The molecule has 0 amide bonds. The minimum atomic E-state index is 1.21. The second-order valence-electron chi connectivity index (χ2n) is 4.42. The lowest BCUT2D eigenvalue weighted by Crippen LogP contribution is -1.90. The number of hydrogen-bond donors (Lipinski definition) is 0. The fourth-order valence-corrected chi connectivity index (χ4v) is 2.18. The van der Waals surface area contributed by atoms with Crippen molar-refractivity contribution in [2.45, 2.75) is 13.8 Å². The van der Waals surface area contributed by atoms with Crippen LogP contribution < -0.4 is 0 Å². The fourth-order valence-electron chi connectivity index (χ4n) is 2.18. The number of aryl methyl sites for hydroxylation is 1. The first kappa shape index (κ1) is 12.4. The van der Waals surface area contributed by atoms with Crippen LogP contribution in [0.15, 0.2) is 67.3 Å². The average Bonchev–Trinajstić information content (AvgIpc) is 2.42. The van der Waals surface area contributed by atoms with Gasteiger partial charge in [-0.1, -0.05) is 67.3 Å². The Labute approximate surface area is 109 Å². The maximum atomic E-state index is 3.97. The SMILES string of the molecule is C=CC(=C(C)c1ccccc1)c1ccccc1C. The highest BCUT2D eigenvalue weighted by atomic mass is 14.1. The van der Waals surface area contributed by atoms with Crippen molar-refractivity contribution in [2.24, 2.45) is 0 Å². The molecule has 0 heteroatoms. The van der Waals surface area contributed by atoms with Crippen molar-refractivity contribution in [2.75, 3.05) is 0 Å². The number of allylic oxidation sites excluding steroid dienone is 3. The summed E-state index contributed by atoms with van der Waals surface area (Å²) in [7, 11) is 0. The van der Waals surface area contributed by atoms with E-state index in [0.29, 0.717) is 0 Å². The zero-order valence-corrected chi connectivity index (χ0v) is 11.0. The third kappa shape index (κ3) is 2.43. The van der Waals surface area contributed by atoms with Crippen molar-refractivity contribution in [1.82, 2.24) is 0 Å². The van der Waals surface area contributed by atoms with Gasteiger partial charge in [0.1, 0.15) is 0 Å². The Hall–Kier alpha value is -2.08. The molecule has 18 heavy (non-hydrogen) atoms. The number of rotatable bonds is 3. The Bertz CT molecular complexity index is 574. The van der Waals surface area contributed by atoms with Crippen molar-refractivity contribution in [3.05, 3.63) is 83.9 Å². The van der Waals surface area contributed by atoms with Gasteiger partial charge in [0, 0.05) is 0 Å². The zero-order chi connectivity index (χ0) is 13.0. The lowest BCUT2D eigenvalue weighted by Gasteiger charge is -2.11. The van der Waals surface area contributed by atoms with Crippen LogP contribution in [0.25, 0.3) is 11.1 Å². The molecule has 0 atom stereocenters. The highest BCUT2D eigenvalue weighted by molar-refractivity contribution is 5.95. The molecule has 0 aliphatic carbocycles. The van der Waals surface area contributed by atoms with Crippen molar-refractivity contribution < 1.29 is 0 Å². The Kier molecular flexibility index (Phi) is 3.78. The first-order chi connectivity index (χ1) is 8.74. The predicted molar refractivity (Wildman–Crippen MR) is 80.3 cm³/mol. The largest absolute Gasteiger partial charge is 0.0984 e. The maximum Gasteiger partial charge on any atom is -0.0152 e. The van der Waals surface area contributed by atoms with Crippen molar-refractivity contribution in [3.8, 4) is 0 Å². The second kappa shape index (κ2) is 5.50. The molecule has 2 rings (SSSR count). The molecule has 0 saturated heterocycles. The van der Waals surface area contributed by atoms with E-state index in [1.807, 2.05) is 12.1 Å². The van der Waals surface area contributed by atoms with Crippen LogP contribution >= 0.6 is 0 Å². The molecule has 2 aromatic carbocycles. The van der Waals surface area contributed by atoms with Crippen molar-refractivity contribution >= 4 is 11.1 Å². The highest BCUT2D eigenvalue weighted by Gasteiger charge is 2.06. The monoisotopic (exact) mass is 234 g/mol. The fraction of sp³-hybridized carbons (Fsp3) is 0.111. The van der Waals surface area contributed by atoms with E-state index >= 15 is 0 Å². The predicted octanol–water partition coefficient (Wildman–Crippen LogP) is 5.11. The van der Waals surface area contributed by atoms with Crippen LogP contribution in [-0.2, 0) is 0 Å². The molecule has 90 valence electrons. The summed E-state index contributed by atoms with van der Waals surface area (Å²) >= 11 is 0. The van der Waals surface area contributed by atoms with E-state index in [1.165, 1.54) is 27.8 Å². The molecule has 0 aliphatic heterocycles. The number of benzene rings is 2. The first-order valence-electron chi connectivity index (χ1n) is 6.18. The van der Waals surface area contributed by atoms with Crippen molar-refractivity contribution in [1.29, 1.82) is 0 Å². The molecule has 0 heterocycles. The molecule has 0 fully saturated rings. The third-order valence-corrected chi connectivity index (χ3v) is 3.25. The van der Waals surface area contributed by atoms with Gasteiger partial charge in [0.2, 0.25) is 0 Å². The van der Waals surface area contributed by atoms with E-state index in [-0.39, 0.29) is 0 Å². The molecule has 0 spiro atoms.